The van der Waals surface area contributed by atoms with Crippen LogP contribution in [0.5, 0.6) is 0 Å². The minimum atomic E-state index is -0.840. The summed E-state index contributed by atoms with van der Waals surface area (Å²) in [5, 5.41) is 2.69. The number of nitrogens with one attached hydrogen (secondary N) is 1. The van der Waals surface area contributed by atoms with Gasteiger partial charge in [0.05, 0.1) is 13.7 Å². The van der Waals surface area contributed by atoms with Crippen molar-refractivity contribution in [3.63, 3.8) is 0 Å². The first-order valence-electron chi connectivity index (χ1n) is 8.72. The summed E-state index contributed by atoms with van der Waals surface area (Å²) in [5.41, 5.74) is 1.28. The molecule has 0 fully saturated rings. The Morgan fingerprint density at radius 1 is 1.32 bits per heavy atom. The van der Waals surface area contributed by atoms with E-state index in [0.29, 0.717) is 29.5 Å². The Hall–Kier alpha value is -2.81. The summed E-state index contributed by atoms with van der Waals surface area (Å²) in [5.74, 6) is -1.08. The first kappa shape index (κ1) is 19.9. The summed E-state index contributed by atoms with van der Waals surface area (Å²) >= 11 is 3.32. The average Bonchev–Trinajstić information content (AvgIpc) is 2.67. The van der Waals surface area contributed by atoms with Crippen LogP contribution >= 0.6 is 15.9 Å². The number of imide groups is 1. The van der Waals surface area contributed by atoms with Gasteiger partial charge in [-0.1, -0.05) is 15.9 Å². The van der Waals surface area contributed by atoms with Gasteiger partial charge >= 0.3 is 11.9 Å². The van der Waals surface area contributed by atoms with E-state index in [1.807, 2.05) is 6.92 Å². The number of anilines is 1. The molecule has 1 aromatic rings. The molecule has 2 heterocycles. The van der Waals surface area contributed by atoms with Crippen LogP contribution in [0.3, 0.4) is 0 Å². The van der Waals surface area contributed by atoms with Crippen molar-refractivity contribution in [1.82, 2.24) is 4.90 Å². The van der Waals surface area contributed by atoms with Crippen molar-refractivity contribution in [3.05, 3.63) is 40.1 Å². The number of carbonyl (C=O) groups excluding carboxylic acids is 3. The lowest BCUT2D eigenvalue weighted by Gasteiger charge is -2.29. The zero-order valence-electron chi connectivity index (χ0n) is 15.7. The smallest absolute Gasteiger partial charge is 0.446 e. The molecule has 146 valence electrons. The number of dihydropyridines is 1. The third kappa shape index (κ3) is 3.75. The fourth-order valence-corrected chi connectivity index (χ4v) is 3.32. The molecule has 3 rings (SSSR count). The first-order valence-corrected chi connectivity index (χ1v) is 9.51. The lowest BCUT2D eigenvalue weighted by Crippen LogP contribution is -2.56. The number of nitrogens with zero attached hydrogens (tertiary/aromatic N) is 3. The van der Waals surface area contributed by atoms with Crippen molar-refractivity contribution in [3.8, 4) is 0 Å². The van der Waals surface area contributed by atoms with Gasteiger partial charge in [-0.15, -0.1) is 4.99 Å². The van der Waals surface area contributed by atoms with E-state index in [1.165, 1.54) is 11.6 Å². The van der Waals surface area contributed by atoms with Gasteiger partial charge in [0.2, 0.25) is 0 Å². The minimum Gasteiger partial charge on any atom is -0.496 e. The normalized spacial score (nSPS) is 19.1. The predicted molar refractivity (Wildman–Crippen MR) is 107 cm³/mol. The number of fused-ring (bicyclic) bond motifs is 1. The van der Waals surface area contributed by atoms with Crippen LogP contribution < -0.4 is 5.32 Å². The summed E-state index contributed by atoms with van der Waals surface area (Å²) in [6.07, 6.45) is 1.57. The molecule has 28 heavy (non-hydrogen) atoms. The third-order valence-corrected chi connectivity index (χ3v) is 4.93. The number of carbonyl (C=O) groups is 3. The highest BCUT2D eigenvalue weighted by molar-refractivity contribution is 9.10. The molecule has 0 saturated heterocycles. The van der Waals surface area contributed by atoms with E-state index in [-0.39, 0.29) is 0 Å². The van der Waals surface area contributed by atoms with Crippen molar-refractivity contribution in [1.29, 1.82) is 0 Å². The molecule has 1 atom stereocenters. The van der Waals surface area contributed by atoms with Crippen LogP contribution in [0.4, 0.5) is 10.5 Å². The van der Waals surface area contributed by atoms with Crippen molar-refractivity contribution < 1.29 is 23.7 Å². The number of allylic oxidation sites excluding steroid dienone is 1. The monoisotopic (exact) mass is 447 g/mol. The van der Waals surface area contributed by atoms with Crippen LogP contribution in [0.2, 0.25) is 0 Å². The number of aliphatic imine (C=N–C) groups is 1. The van der Waals surface area contributed by atoms with Gasteiger partial charge in [-0.2, -0.15) is 9.48 Å². The Morgan fingerprint density at radius 3 is 2.64 bits per heavy atom. The van der Waals surface area contributed by atoms with Gasteiger partial charge in [0.25, 0.3) is 11.7 Å². The van der Waals surface area contributed by atoms with Gasteiger partial charge in [-0.3, -0.25) is 9.59 Å². The van der Waals surface area contributed by atoms with E-state index >= 15 is 0 Å². The van der Waals surface area contributed by atoms with Crippen LogP contribution in [0.1, 0.15) is 13.8 Å². The fourth-order valence-electron chi connectivity index (χ4n) is 3.05. The summed E-state index contributed by atoms with van der Waals surface area (Å²) in [7, 11) is 1.53. The van der Waals surface area contributed by atoms with Crippen LogP contribution in [-0.2, 0) is 14.3 Å². The molecule has 1 aromatic carbocycles. The van der Waals surface area contributed by atoms with Gasteiger partial charge in [-0.25, -0.2) is 4.79 Å². The topological polar surface area (TPSA) is 91.1 Å². The second-order valence-electron chi connectivity index (χ2n) is 6.35. The number of ether oxygens (including phenoxy) is 1. The predicted octanol–water partition coefficient (Wildman–Crippen LogP) is 2.40. The highest BCUT2D eigenvalue weighted by Gasteiger charge is 2.50. The second kappa shape index (κ2) is 8.05. The summed E-state index contributed by atoms with van der Waals surface area (Å²) in [4.78, 5) is 43.3. The zero-order chi connectivity index (χ0) is 20.4. The minimum absolute atomic E-state index is 0.300. The van der Waals surface area contributed by atoms with E-state index in [0.717, 1.165) is 9.37 Å². The Balaban J connectivity index is 1.85. The van der Waals surface area contributed by atoms with Crippen LogP contribution in [0.15, 0.2) is 45.1 Å². The lowest BCUT2D eigenvalue weighted by molar-refractivity contribution is -0.408. The standard InChI is InChI=1S/C19H19BrN4O4/c1-4-28-16-11(2)9-21-17-15(16)18(26)24(19(27)23(17)3)10-14(25)22-13-7-5-12(20)6-8-13/h5-9,15H,4,10H2,1-3H3/p+1. The van der Waals surface area contributed by atoms with Crippen molar-refractivity contribution in [2.24, 2.45) is 10.9 Å². The summed E-state index contributed by atoms with van der Waals surface area (Å²) < 4.78 is 7.81. The van der Waals surface area contributed by atoms with Gasteiger partial charge < -0.3 is 10.1 Å². The number of hydrogen-bond acceptors (Lipinski definition) is 5. The molecule has 4 amide bonds. The van der Waals surface area contributed by atoms with Crippen molar-refractivity contribution in [2.45, 2.75) is 13.8 Å². The molecule has 0 aromatic heterocycles. The molecule has 0 spiro atoms. The first-order chi connectivity index (χ1) is 13.3. The maximum Gasteiger partial charge on any atom is 0.446 e. The Bertz CT molecular complexity index is 934. The highest BCUT2D eigenvalue weighted by Crippen LogP contribution is 2.28. The lowest BCUT2D eigenvalue weighted by atomic mass is 9.96. The van der Waals surface area contributed by atoms with Crippen LogP contribution in [-0.4, -0.2) is 59.6 Å². The molecule has 9 heteroatoms. The number of rotatable bonds is 5. The maximum absolute atomic E-state index is 13.1. The molecule has 1 unspecified atom stereocenters. The average molecular weight is 448 g/mol. The molecule has 2 aliphatic rings. The van der Waals surface area contributed by atoms with Crippen LogP contribution in [0.25, 0.3) is 0 Å². The Kier molecular flexibility index (Phi) is 5.73. The Morgan fingerprint density at radius 2 is 2.00 bits per heavy atom. The molecular formula is C19H20BrN4O4+. The molecular weight excluding hydrogens is 428 g/mol. The number of benzene rings is 1. The summed E-state index contributed by atoms with van der Waals surface area (Å²) in [6.45, 7) is 3.58. The molecule has 2 aliphatic heterocycles. The van der Waals surface area contributed by atoms with Gasteiger partial charge in [-0.05, 0) is 38.1 Å². The number of hydrogen-bond donors (Lipinski definition) is 1. The zero-order valence-corrected chi connectivity index (χ0v) is 17.3. The van der Waals surface area contributed by atoms with Crippen molar-refractivity contribution >= 4 is 51.5 Å². The SMILES string of the molecule is CCOC1=C(C)C=NC2=[N+](C)C(=O)N(CC(=O)Nc3ccc(Br)cc3)C(=O)C12. The van der Waals surface area contributed by atoms with E-state index in [9.17, 15) is 14.4 Å². The number of amidine groups is 1. The van der Waals surface area contributed by atoms with Gasteiger partial charge in [0, 0.05) is 15.7 Å². The second-order valence-corrected chi connectivity index (χ2v) is 7.27. The van der Waals surface area contributed by atoms with E-state index in [1.54, 1.807) is 37.4 Å². The molecule has 0 bridgehead atoms. The molecule has 0 aliphatic carbocycles. The molecule has 0 saturated carbocycles. The Labute approximate surface area is 170 Å². The number of amides is 4. The van der Waals surface area contributed by atoms with Crippen molar-refractivity contribution in [2.75, 3.05) is 25.5 Å². The largest absolute Gasteiger partial charge is 0.496 e. The van der Waals surface area contributed by atoms with Gasteiger partial charge in [0.15, 0.2) is 12.5 Å². The van der Waals surface area contributed by atoms with E-state index < -0.39 is 30.3 Å². The number of halogens is 1. The van der Waals surface area contributed by atoms with E-state index in [4.69, 9.17) is 4.74 Å². The van der Waals surface area contributed by atoms with Crippen LogP contribution in [0, 0.1) is 5.92 Å². The molecule has 1 N–H and O–H groups in total. The molecule has 0 radical (unpaired) electrons. The quantitative estimate of drug-likeness (QED) is 0.701. The summed E-state index contributed by atoms with van der Waals surface area (Å²) in [6, 6.07) is 6.40. The molecule has 8 nitrogen and oxygen atoms in total. The third-order valence-electron chi connectivity index (χ3n) is 4.40. The number of urea groups is 1. The fraction of sp³-hybridized carbons (Fsp3) is 0.316. The van der Waals surface area contributed by atoms with Gasteiger partial charge in [0.1, 0.15) is 12.0 Å². The highest BCUT2D eigenvalue weighted by atomic mass is 79.9. The van der Waals surface area contributed by atoms with E-state index in [2.05, 4.69) is 26.2 Å². The maximum atomic E-state index is 13.1.